The molecule has 8 heteroatoms. The van der Waals surface area contributed by atoms with Gasteiger partial charge in [-0.3, -0.25) is 0 Å². The molecule has 6 nitrogen and oxygen atoms in total. The molecule has 0 saturated carbocycles. The second-order valence-corrected chi connectivity index (χ2v) is 10.9. The third-order valence-electron chi connectivity index (χ3n) is 4.67. The van der Waals surface area contributed by atoms with E-state index in [9.17, 15) is 16.8 Å². The number of para-hydroxylation sites is 1. The highest BCUT2D eigenvalue weighted by atomic mass is 32.2. The maximum Gasteiger partial charge on any atom is 0.177 e. The topological polar surface area (TPSA) is 84.7 Å². The van der Waals surface area contributed by atoms with E-state index in [-0.39, 0.29) is 9.79 Å². The molecule has 0 bridgehead atoms. The van der Waals surface area contributed by atoms with Crippen molar-refractivity contribution in [2.75, 3.05) is 24.5 Å². The molecule has 0 spiro atoms. The fourth-order valence-corrected chi connectivity index (χ4v) is 4.93. The molecule has 3 rings (SSSR count). The van der Waals surface area contributed by atoms with Gasteiger partial charge in [0.1, 0.15) is 11.3 Å². The monoisotopic (exact) mass is 421 g/mol. The van der Waals surface area contributed by atoms with Gasteiger partial charge in [0.2, 0.25) is 0 Å². The van der Waals surface area contributed by atoms with Gasteiger partial charge in [0.05, 0.1) is 15.5 Å². The summed E-state index contributed by atoms with van der Waals surface area (Å²) in [6, 6.07) is 11.9. The van der Waals surface area contributed by atoms with Crippen LogP contribution in [0, 0.1) is 0 Å². The van der Waals surface area contributed by atoms with Crippen molar-refractivity contribution in [3.8, 4) is 0 Å². The van der Waals surface area contributed by atoms with Gasteiger partial charge in [-0.15, -0.1) is 0 Å². The van der Waals surface area contributed by atoms with Gasteiger partial charge in [-0.2, -0.15) is 0 Å². The molecule has 0 N–H and O–H groups in total. The summed E-state index contributed by atoms with van der Waals surface area (Å²) in [5.41, 5.74) is 2.23. The van der Waals surface area contributed by atoms with E-state index in [0.717, 1.165) is 34.8 Å². The Labute approximate surface area is 165 Å². The van der Waals surface area contributed by atoms with Crippen LogP contribution in [0.25, 0.3) is 11.0 Å². The average molecular weight is 422 g/mol. The zero-order valence-electron chi connectivity index (χ0n) is 16.3. The second kappa shape index (κ2) is 7.25. The summed E-state index contributed by atoms with van der Waals surface area (Å²) in [4.78, 5) is 1.77. The van der Waals surface area contributed by atoms with Crippen LogP contribution in [0.4, 0.5) is 5.69 Å². The molecular weight excluding hydrogens is 398 g/mol. The van der Waals surface area contributed by atoms with Gasteiger partial charge >= 0.3 is 0 Å². The fraction of sp³-hybridized carbons (Fsp3) is 0.300. The van der Waals surface area contributed by atoms with Crippen molar-refractivity contribution in [1.82, 2.24) is 0 Å². The molecule has 0 aliphatic heterocycles. The largest absolute Gasteiger partial charge is 0.461 e. The first-order valence-corrected chi connectivity index (χ1v) is 12.5. The van der Waals surface area contributed by atoms with E-state index in [0.29, 0.717) is 18.7 Å². The Kier molecular flexibility index (Phi) is 5.29. The van der Waals surface area contributed by atoms with Gasteiger partial charge in [-0.25, -0.2) is 16.8 Å². The van der Waals surface area contributed by atoms with Crippen LogP contribution in [-0.4, -0.2) is 36.4 Å². The van der Waals surface area contributed by atoms with E-state index >= 15 is 0 Å². The van der Waals surface area contributed by atoms with E-state index in [1.165, 1.54) is 12.1 Å². The smallest absolute Gasteiger partial charge is 0.177 e. The summed E-state index contributed by atoms with van der Waals surface area (Å²) in [5.74, 6) is 0.849. The van der Waals surface area contributed by atoms with E-state index in [1.807, 2.05) is 31.2 Å². The van der Waals surface area contributed by atoms with Gasteiger partial charge in [-0.1, -0.05) is 25.1 Å². The van der Waals surface area contributed by atoms with Crippen LogP contribution >= 0.6 is 0 Å². The Morgan fingerprint density at radius 2 is 1.64 bits per heavy atom. The molecule has 150 valence electrons. The first kappa shape index (κ1) is 20.4. The van der Waals surface area contributed by atoms with E-state index in [4.69, 9.17) is 4.42 Å². The fourth-order valence-electron chi connectivity index (χ4n) is 3.27. The molecule has 0 unspecified atom stereocenters. The van der Waals surface area contributed by atoms with Crippen molar-refractivity contribution in [2.45, 2.75) is 29.7 Å². The zero-order chi connectivity index (χ0) is 20.7. The van der Waals surface area contributed by atoms with Crippen molar-refractivity contribution in [3.05, 3.63) is 53.8 Å². The van der Waals surface area contributed by atoms with Gasteiger partial charge in [-0.05, 0) is 24.3 Å². The molecule has 0 saturated heterocycles. The second-order valence-electron chi connectivity index (χ2n) is 6.88. The molecule has 0 aliphatic carbocycles. The van der Waals surface area contributed by atoms with Crippen LogP contribution in [0.3, 0.4) is 0 Å². The van der Waals surface area contributed by atoms with E-state index in [2.05, 4.69) is 0 Å². The summed E-state index contributed by atoms with van der Waals surface area (Å²) >= 11 is 0. The summed E-state index contributed by atoms with van der Waals surface area (Å²) in [7, 11) is -5.36. The minimum Gasteiger partial charge on any atom is -0.461 e. The summed E-state index contributed by atoms with van der Waals surface area (Å²) < 4.78 is 54.3. The third kappa shape index (κ3) is 3.93. The van der Waals surface area contributed by atoms with Gasteiger partial charge in [0, 0.05) is 43.5 Å². The maximum atomic E-state index is 12.3. The van der Waals surface area contributed by atoms with Crippen LogP contribution in [0.5, 0.6) is 0 Å². The maximum absolute atomic E-state index is 12.3. The van der Waals surface area contributed by atoms with Gasteiger partial charge in [0.15, 0.2) is 19.7 Å². The molecule has 2 aromatic carbocycles. The Hall–Kier alpha value is -2.32. The molecule has 0 radical (unpaired) electrons. The van der Waals surface area contributed by atoms with Crippen molar-refractivity contribution >= 4 is 36.3 Å². The predicted molar refractivity (Wildman–Crippen MR) is 110 cm³/mol. The number of fused-ring (bicyclic) bond motifs is 1. The first-order chi connectivity index (χ1) is 13.0. The number of hydrogen-bond acceptors (Lipinski definition) is 6. The Bertz CT molecular complexity index is 1240. The minimum atomic E-state index is -3.63. The van der Waals surface area contributed by atoms with Crippen molar-refractivity contribution in [3.63, 3.8) is 0 Å². The number of benzene rings is 2. The number of anilines is 1. The number of sulfone groups is 2. The Balaban J connectivity index is 2.10. The standard InChI is InChI=1S/C20H23NO5S2/c1-5-18-16(15-8-6-7-9-19(15)26-18)13-21(2)17-11-10-14(27(3,22)23)12-20(17)28(4,24)25/h6-12H,5,13H2,1-4H3. The summed E-state index contributed by atoms with van der Waals surface area (Å²) in [6.45, 7) is 2.44. The zero-order valence-corrected chi connectivity index (χ0v) is 17.9. The quantitative estimate of drug-likeness (QED) is 0.606. The lowest BCUT2D eigenvalue weighted by molar-refractivity contribution is 0.549. The summed E-state index contributed by atoms with van der Waals surface area (Å²) in [5, 5.41) is 0.986. The van der Waals surface area contributed by atoms with Crippen LogP contribution in [0.1, 0.15) is 18.2 Å². The molecule has 0 atom stereocenters. The molecule has 1 heterocycles. The van der Waals surface area contributed by atoms with Crippen LogP contribution in [0.2, 0.25) is 0 Å². The lowest BCUT2D eigenvalue weighted by Crippen LogP contribution is -2.20. The van der Waals surface area contributed by atoms with Crippen LogP contribution < -0.4 is 4.90 Å². The Morgan fingerprint density at radius 3 is 2.25 bits per heavy atom. The van der Waals surface area contributed by atoms with Crippen LogP contribution in [0.15, 0.2) is 56.7 Å². The Morgan fingerprint density at radius 1 is 0.964 bits per heavy atom. The van der Waals surface area contributed by atoms with E-state index in [1.54, 1.807) is 18.0 Å². The molecular formula is C20H23NO5S2. The molecule has 0 fully saturated rings. The molecule has 0 aliphatic rings. The first-order valence-electron chi connectivity index (χ1n) is 8.77. The van der Waals surface area contributed by atoms with Crippen molar-refractivity contribution in [1.29, 1.82) is 0 Å². The number of hydrogen-bond donors (Lipinski definition) is 0. The highest BCUT2D eigenvalue weighted by Crippen LogP contribution is 2.32. The highest BCUT2D eigenvalue weighted by Gasteiger charge is 2.22. The highest BCUT2D eigenvalue weighted by molar-refractivity contribution is 7.91. The number of furan rings is 1. The number of aryl methyl sites for hydroxylation is 1. The average Bonchev–Trinajstić information content (AvgIpc) is 2.97. The minimum absolute atomic E-state index is 0.0104. The lowest BCUT2D eigenvalue weighted by Gasteiger charge is -2.22. The summed E-state index contributed by atoms with van der Waals surface area (Å²) in [6.07, 6.45) is 2.85. The normalized spacial score (nSPS) is 12.4. The number of nitrogens with zero attached hydrogens (tertiary/aromatic N) is 1. The number of rotatable bonds is 6. The molecule has 3 aromatic rings. The lowest BCUT2D eigenvalue weighted by atomic mass is 10.1. The molecule has 28 heavy (non-hydrogen) atoms. The van der Waals surface area contributed by atoms with Gasteiger partial charge < -0.3 is 9.32 Å². The van der Waals surface area contributed by atoms with E-state index < -0.39 is 19.7 Å². The SMILES string of the molecule is CCc1oc2ccccc2c1CN(C)c1ccc(S(C)(=O)=O)cc1S(C)(=O)=O. The van der Waals surface area contributed by atoms with Gasteiger partial charge in [0.25, 0.3) is 0 Å². The predicted octanol–water partition coefficient (Wildman–Crippen LogP) is 3.44. The van der Waals surface area contributed by atoms with Crippen LogP contribution in [-0.2, 0) is 32.6 Å². The van der Waals surface area contributed by atoms with Crippen molar-refractivity contribution < 1.29 is 21.3 Å². The molecule has 1 aromatic heterocycles. The van der Waals surface area contributed by atoms with Crippen molar-refractivity contribution in [2.24, 2.45) is 0 Å². The third-order valence-corrected chi connectivity index (χ3v) is 6.90. The molecule has 0 amide bonds.